The topological polar surface area (TPSA) is 317 Å². The molecule has 36 heavy (non-hydrogen) atoms. The molecule has 0 rings (SSSR count). The van der Waals surface area contributed by atoms with Crippen molar-refractivity contribution in [2.45, 2.75) is 82.7 Å². The van der Waals surface area contributed by atoms with Crippen LogP contribution < -0.4 is 28.7 Å². The lowest BCUT2D eigenvalue weighted by Crippen LogP contribution is -2.38. The molecule has 0 aliphatic rings. The Hall–Kier alpha value is -2.85. The van der Waals surface area contributed by atoms with E-state index in [1.807, 2.05) is 0 Å². The molecule has 0 aromatic rings. The van der Waals surface area contributed by atoms with Crippen molar-refractivity contribution in [3.8, 4) is 0 Å². The van der Waals surface area contributed by atoms with Gasteiger partial charge in [0.1, 0.15) is 6.04 Å². The average Bonchev–Trinajstić information content (AvgIpc) is 2.80. The van der Waals surface area contributed by atoms with Crippen LogP contribution in [0.2, 0.25) is 0 Å². The van der Waals surface area contributed by atoms with Crippen LogP contribution in [-0.4, -0.2) is 87.1 Å². The Morgan fingerprint density at radius 1 is 0.500 bits per heavy atom. The fourth-order valence-corrected chi connectivity index (χ4v) is 1.94. The molecule has 0 aromatic heterocycles. The van der Waals surface area contributed by atoms with Crippen molar-refractivity contribution in [1.29, 1.82) is 0 Å². The van der Waals surface area contributed by atoms with Crippen LogP contribution in [0.5, 0.6) is 0 Å². The molecule has 0 heterocycles. The normalized spacial score (nSPS) is 10.4. The van der Waals surface area contributed by atoms with Crippen LogP contribution in [0.3, 0.4) is 0 Å². The minimum atomic E-state index is -1.80. The zero-order chi connectivity index (χ0) is 28.9. The maximum atomic E-state index is 10.1. The van der Waals surface area contributed by atoms with Crippen LogP contribution in [0.4, 0.5) is 0 Å². The molecule has 15 nitrogen and oxygen atoms in total. The van der Waals surface area contributed by atoms with E-state index in [9.17, 15) is 24.0 Å². The third-order valence-corrected chi connectivity index (χ3v) is 4.01. The number of nitrogens with two attached hydrogens (primary N) is 5. The molecule has 0 radical (unpaired) electrons. The first-order chi connectivity index (χ1) is 16.8. The number of rotatable bonds is 17. The second kappa shape index (κ2) is 30.2. The van der Waals surface area contributed by atoms with Crippen molar-refractivity contribution < 1.29 is 49.5 Å². The molecule has 0 amide bonds. The third-order valence-electron chi connectivity index (χ3n) is 4.01. The van der Waals surface area contributed by atoms with Gasteiger partial charge in [-0.3, -0.25) is 14.4 Å². The van der Waals surface area contributed by atoms with Crippen molar-refractivity contribution in [3.05, 3.63) is 0 Å². The summed E-state index contributed by atoms with van der Waals surface area (Å²) >= 11 is 0. The molecule has 0 saturated heterocycles. The van der Waals surface area contributed by atoms with Gasteiger partial charge in [0.05, 0.1) is 0 Å². The molecule has 0 aliphatic heterocycles. The molecule has 1 unspecified atom stereocenters. The fourth-order valence-electron chi connectivity index (χ4n) is 1.94. The van der Waals surface area contributed by atoms with Gasteiger partial charge in [-0.2, -0.15) is 0 Å². The van der Waals surface area contributed by atoms with E-state index in [2.05, 4.69) is 5.73 Å². The van der Waals surface area contributed by atoms with Gasteiger partial charge in [0.15, 0.2) is 0 Å². The first kappa shape index (κ1) is 40.3. The fraction of sp³-hybridized carbons (Fsp3) is 0.762. The largest absolute Gasteiger partial charge is 0.481 e. The quantitative estimate of drug-likeness (QED) is 0.0816. The Balaban J connectivity index is -0.000000191. The smallest absolute Gasteiger partial charge is 0.332 e. The maximum absolute atomic E-state index is 10.1. The first-order valence-electron chi connectivity index (χ1n) is 11.5. The van der Waals surface area contributed by atoms with Crippen molar-refractivity contribution in [2.75, 3.05) is 19.6 Å². The molecule has 0 bridgehead atoms. The molecule has 15 N–H and O–H groups in total. The van der Waals surface area contributed by atoms with Crippen LogP contribution in [0, 0.1) is 0 Å². The van der Waals surface area contributed by atoms with Gasteiger partial charge in [0, 0.05) is 12.8 Å². The van der Waals surface area contributed by atoms with Crippen LogP contribution in [0.25, 0.3) is 0 Å². The molecular weight excluding hydrogens is 482 g/mol. The van der Waals surface area contributed by atoms with Crippen molar-refractivity contribution in [3.63, 3.8) is 0 Å². The zero-order valence-electron chi connectivity index (χ0n) is 20.7. The van der Waals surface area contributed by atoms with Gasteiger partial charge in [-0.05, 0) is 58.2 Å². The average molecular weight is 528 g/mol. The van der Waals surface area contributed by atoms with Crippen LogP contribution in [0.15, 0.2) is 0 Å². The predicted molar refractivity (Wildman–Crippen MR) is 132 cm³/mol. The summed E-state index contributed by atoms with van der Waals surface area (Å²) in [5.74, 6) is -5.44. The summed E-state index contributed by atoms with van der Waals surface area (Å²) in [6.07, 6.45) is 8.34. The molecule has 0 aliphatic carbocycles. The van der Waals surface area contributed by atoms with Crippen LogP contribution >= 0.6 is 0 Å². The minimum Gasteiger partial charge on any atom is -0.481 e. The molecule has 0 saturated carbocycles. The summed E-state index contributed by atoms with van der Waals surface area (Å²) in [5.41, 5.74) is 25.3. The summed E-state index contributed by atoms with van der Waals surface area (Å²) in [7, 11) is 0. The first-order valence-corrected chi connectivity index (χ1v) is 11.5. The molecular formula is C21H45N5O10. The number of unbranched alkanes of at least 4 members (excludes halogenated alkanes) is 5. The van der Waals surface area contributed by atoms with E-state index in [0.29, 0.717) is 38.8 Å². The lowest BCUT2D eigenvalue weighted by molar-refractivity contribution is -0.149. The molecule has 214 valence electrons. The van der Waals surface area contributed by atoms with Gasteiger partial charge < -0.3 is 54.2 Å². The minimum absolute atomic E-state index is 0.247. The van der Waals surface area contributed by atoms with Gasteiger partial charge in [-0.25, -0.2) is 9.59 Å². The predicted octanol–water partition coefficient (Wildman–Crippen LogP) is -0.810. The van der Waals surface area contributed by atoms with E-state index in [4.69, 9.17) is 48.5 Å². The summed E-state index contributed by atoms with van der Waals surface area (Å²) in [5, 5.41) is 40.3. The van der Waals surface area contributed by atoms with E-state index in [1.54, 1.807) is 0 Å². The molecule has 0 spiro atoms. The number of carbonyl (C=O) groups is 5. The van der Waals surface area contributed by atoms with Gasteiger partial charge in [0.25, 0.3) is 0 Å². The van der Waals surface area contributed by atoms with Gasteiger partial charge in [-0.1, -0.05) is 19.3 Å². The number of carboxylic acid groups (broad SMARTS) is 5. The highest BCUT2D eigenvalue weighted by Gasteiger charge is 2.18. The highest BCUT2D eigenvalue weighted by atomic mass is 16.4. The lowest BCUT2D eigenvalue weighted by Gasteiger charge is -2.02. The Kier molecular flexibility index (Phi) is 33.8. The number of carboxylic acids is 5. The van der Waals surface area contributed by atoms with Crippen LogP contribution in [0.1, 0.15) is 70.6 Å². The molecule has 0 fully saturated rings. The van der Waals surface area contributed by atoms with Crippen LogP contribution in [-0.2, 0) is 24.0 Å². The van der Waals surface area contributed by atoms with Crippen molar-refractivity contribution in [1.82, 2.24) is 0 Å². The highest BCUT2D eigenvalue weighted by molar-refractivity contribution is 5.96. The molecule has 0 aromatic carbocycles. The number of hydrogen-bond donors (Lipinski definition) is 10. The maximum Gasteiger partial charge on any atom is 0.332 e. The summed E-state index contributed by atoms with van der Waals surface area (Å²) in [4.78, 5) is 49.2. The SMILES string of the molecule is NC(C(=O)O)C(=O)O.NCCCC(N)C(=O)O.NCCCCC(=O)O.NCCCCCCCC(=O)O. The van der Waals surface area contributed by atoms with E-state index in [1.165, 1.54) is 0 Å². The summed E-state index contributed by atoms with van der Waals surface area (Å²) in [6, 6.07) is -2.54. The third kappa shape index (κ3) is 41.4. The second-order valence-corrected chi connectivity index (χ2v) is 7.37. The van der Waals surface area contributed by atoms with E-state index >= 15 is 0 Å². The Bertz CT molecular complexity index is 579. The van der Waals surface area contributed by atoms with Crippen molar-refractivity contribution >= 4 is 29.8 Å². The molecule has 15 heteroatoms. The lowest BCUT2D eigenvalue weighted by atomic mass is 10.1. The molecule has 1 atom stereocenters. The Morgan fingerprint density at radius 3 is 1.14 bits per heavy atom. The second-order valence-electron chi connectivity index (χ2n) is 7.37. The Morgan fingerprint density at radius 2 is 0.833 bits per heavy atom. The summed E-state index contributed by atoms with van der Waals surface area (Å²) < 4.78 is 0. The zero-order valence-corrected chi connectivity index (χ0v) is 20.7. The number of hydrogen-bond acceptors (Lipinski definition) is 10. The van der Waals surface area contributed by atoms with Gasteiger partial charge in [0.2, 0.25) is 6.04 Å². The monoisotopic (exact) mass is 527 g/mol. The number of aliphatic carboxylic acids is 5. The van der Waals surface area contributed by atoms with Crippen molar-refractivity contribution in [2.24, 2.45) is 28.7 Å². The van der Waals surface area contributed by atoms with Gasteiger partial charge in [-0.15, -0.1) is 0 Å². The van der Waals surface area contributed by atoms with Gasteiger partial charge >= 0.3 is 29.8 Å². The standard InChI is InChI=1S/C8H17NO2.C5H12N2O2.C5H11NO2.C3H5NO4/c9-7-5-3-1-2-4-6-8(10)11;6-3-1-2-4(7)5(8)9;6-4-2-1-3-5(7)8;4-1(2(5)6)3(7)8/h1-7,9H2,(H,10,11);4H,1-3,6-7H2,(H,8,9);1-4,6H2,(H,7,8);1H,4H2,(H,5,6)(H,7,8). The highest BCUT2D eigenvalue weighted by Crippen LogP contribution is 2.04. The Labute approximate surface area is 211 Å². The van der Waals surface area contributed by atoms with E-state index in [0.717, 1.165) is 45.1 Å². The summed E-state index contributed by atoms with van der Waals surface area (Å²) in [6.45, 7) is 1.84. The van der Waals surface area contributed by atoms with E-state index in [-0.39, 0.29) is 6.42 Å². The van der Waals surface area contributed by atoms with E-state index < -0.39 is 41.9 Å².